The Morgan fingerprint density at radius 3 is 2.39 bits per heavy atom. The van der Waals surface area contributed by atoms with Gasteiger partial charge in [0.1, 0.15) is 12.4 Å². The molecule has 0 aliphatic heterocycles. The number of nitrogens with two attached hydrogens (primary N) is 1. The van der Waals surface area contributed by atoms with Crippen molar-refractivity contribution in [3.05, 3.63) is 65.7 Å². The van der Waals surface area contributed by atoms with Crippen LogP contribution in [0.2, 0.25) is 0 Å². The fourth-order valence-electron chi connectivity index (χ4n) is 1.67. The maximum atomic E-state index is 5.60. The molecule has 2 heteroatoms. The van der Waals surface area contributed by atoms with Crippen LogP contribution in [0.3, 0.4) is 0 Å². The molecule has 2 N–H and O–H groups in total. The van der Waals surface area contributed by atoms with Gasteiger partial charge in [-0.25, -0.2) is 0 Å². The Morgan fingerprint density at radius 1 is 0.889 bits per heavy atom. The molecule has 0 saturated heterocycles. The van der Waals surface area contributed by atoms with Crippen LogP contribution >= 0.6 is 0 Å². The maximum Gasteiger partial charge on any atom is 0.126 e. The number of benzene rings is 2. The summed E-state index contributed by atoms with van der Waals surface area (Å²) in [5.41, 5.74) is 7.69. The lowest BCUT2D eigenvalue weighted by Gasteiger charge is -2.07. The van der Waals surface area contributed by atoms with Crippen molar-refractivity contribution >= 4 is 12.2 Å². The maximum absolute atomic E-state index is 5.60. The molecule has 0 atom stereocenters. The summed E-state index contributed by atoms with van der Waals surface area (Å²) in [4.78, 5) is 0. The van der Waals surface area contributed by atoms with Gasteiger partial charge in [0.2, 0.25) is 0 Å². The number of hydrogen-bond acceptors (Lipinski definition) is 2. The third-order valence-corrected chi connectivity index (χ3v) is 2.55. The van der Waals surface area contributed by atoms with E-state index in [-0.39, 0.29) is 0 Å². The molecule has 0 amide bonds. The molecule has 2 aromatic rings. The summed E-state index contributed by atoms with van der Waals surface area (Å²) in [7, 11) is 0. The summed E-state index contributed by atoms with van der Waals surface area (Å²) in [5, 5.41) is 0. The molecule has 2 aromatic carbocycles. The van der Waals surface area contributed by atoms with Gasteiger partial charge < -0.3 is 10.5 Å². The molecule has 0 aliphatic carbocycles. The number of para-hydroxylation sites is 1. The molecule has 2 nitrogen and oxygen atoms in total. The molecule has 0 unspecified atom stereocenters. The monoisotopic (exact) mass is 239 g/mol. The van der Waals surface area contributed by atoms with Crippen molar-refractivity contribution in [1.29, 1.82) is 0 Å². The Labute approximate surface area is 108 Å². The van der Waals surface area contributed by atoms with Crippen molar-refractivity contribution in [2.75, 3.05) is 13.2 Å². The summed E-state index contributed by atoms with van der Waals surface area (Å²) in [5.74, 6) is 0.870. The van der Waals surface area contributed by atoms with Crippen molar-refractivity contribution in [2.45, 2.75) is 0 Å². The third-order valence-electron chi connectivity index (χ3n) is 2.55. The van der Waals surface area contributed by atoms with Crippen LogP contribution < -0.4 is 10.5 Å². The van der Waals surface area contributed by atoms with E-state index in [0.717, 1.165) is 11.3 Å². The quantitative estimate of drug-likeness (QED) is 0.813. The van der Waals surface area contributed by atoms with Crippen molar-refractivity contribution in [1.82, 2.24) is 0 Å². The van der Waals surface area contributed by atoms with Gasteiger partial charge in [0.05, 0.1) is 0 Å². The van der Waals surface area contributed by atoms with Gasteiger partial charge in [0.25, 0.3) is 0 Å². The first-order chi connectivity index (χ1) is 8.90. The Kier molecular flexibility index (Phi) is 4.56. The van der Waals surface area contributed by atoms with E-state index in [0.29, 0.717) is 13.2 Å². The second-order valence-electron chi connectivity index (χ2n) is 3.92. The van der Waals surface area contributed by atoms with Crippen molar-refractivity contribution in [3.63, 3.8) is 0 Å². The minimum atomic E-state index is 0.525. The minimum absolute atomic E-state index is 0.525. The van der Waals surface area contributed by atoms with E-state index < -0.39 is 0 Å². The van der Waals surface area contributed by atoms with Crippen LogP contribution in [0.5, 0.6) is 5.75 Å². The number of hydrogen-bond donors (Lipinski definition) is 1. The second kappa shape index (κ2) is 6.62. The highest BCUT2D eigenvalue weighted by molar-refractivity contribution is 5.72. The molecule has 0 aliphatic rings. The average molecular weight is 239 g/mol. The van der Waals surface area contributed by atoms with E-state index in [1.54, 1.807) is 0 Å². The van der Waals surface area contributed by atoms with Gasteiger partial charge in [-0.3, -0.25) is 0 Å². The predicted molar refractivity (Wildman–Crippen MR) is 76.4 cm³/mol. The molecule has 0 bridgehead atoms. The molecule has 0 spiro atoms. The third kappa shape index (κ3) is 3.47. The second-order valence-corrected chi connectivity index (χ2v) is 3.92. The van der Waals surface area contributed by atoms with Gasteiger partial charge in [-0.2, -0.15) is 0 Å². The zero-order chi connectivity index (χ0) is 12.6. The van der Waals surface area contributed by atoms with Gasteiger partial charge in [0.15, 0.2) is 0 Å². The number of rotatable bonds is 5. The highest BCUT2D eigenvalue weighted by Crippen LogP contribution is 2.20. The average Bonchev–Trinajstić information content (AvgIpc) is 2.45. The first-order valence-corrected chi connectivity index (χ1v) is 6.05. The summed E-state index contributed by atoms with van der Waals surface area (Å²) in [6.45, 7) is 1.06. The highest BCUT2D eigenvalue weighted by Gasteiger charge is 1.98. The molecule has 2 rings (SSSR count). The minimum Gasteiger partial charge on any atom is -0.492 e. The molecule has 18 heavy (non-hydrogen) atoms. The predicted octanol–water partition coefficient (Wildman–Crippen LogP) is 3.19. The fraction of sp³-hybridized carbons (Fsp3) is 0.125. The summed E-state index contributed by atoms with van der Waals surface area (Å²) >= 11 is 0. The molecular weight excluding hydrogens is 222 g/mol. The summed E-state index contributed by atoms with van der Waals surface area (Å²) in [6.07, 6.45) is 4.13. The molecule has 0 fully saturated rings. The molecule has 0 saturated carbocycles. The van der Waals surface area contributed by atoms with Crippen LogP contribution in [-0.2, 0) is 0 Å². The van der Waals surface area contributed by atoms with Crippen LogP contribution in [-0.4, -0.2) is 13.2 Å². The van der Waals surface area contributed by atoms with E-state index in [1.807, 2.05) is 42.5 Å². The van der Waals surface area contributed by atoms with Crippen LogP contribution in [0.15, 0.2) is 54.6 Å². The lowest BCUT2D eigenvalue weighted by atomic mass is 10.1. The zero-order valence-corrected chi connectivity index (χ0v) is 10.3. The fourth-order valence-corrected chi connectivity index (χ4v) is 1.67. The van der Waals surface area contributed by atoms with E-state index in [4.69, 9.17) is 10.5 Å². The van der Waals surface area contributed by atoms with E-state index in [2.05, 4.69) is 24.3 Å². The van der Waals surface area contributed by atoms with Gasteiger partial charge in [-0.1, -0.05) is 60.7 Å². The first kappa shape index (κ1) is 12.4. The van der Waals surface area contributed by atoms with E-state index >= 15 is 0 Å². The molecule has 0 radical (unpaired) electrons. The standard InChI is InChI=1S/C16H17NO/c17-12-13-18-16-9-5-4-8-15(16)11-10-14-6-2-1-3-7-14/h1-11H,12-13,17H2/b11-10+. The number of ether oxygens (including phenoxy) is 1. The Bertz CT molecular complexity index is 506. The summed E-state index contributed by atoms with van der Waals surface area (Å²) in [6, 6.07) is 18.2. The van der Waals surface area contributed by atoms with Crippen LogP contribution in [0.1, 0.15) is 11.1 Å². The highest BCUT2D eigenvalue weighted by atomic mass is 16.5. The Hall–Kier alpha value is -2.06. The van der Waals surface area contributed by atoms with Crippen molar-refractivity contribution in [3.8, 4) is 5.75 Å². The summed E-state index contributed by atoms with van der Waals surface area (Å²) < 4.78 is 5.60. The first-order valence-electron chi connectivity index (χ1n) is 6.05. The normalized spacial score (nSPS) is 10.7. The molecule has 0 heterocycles. The smallest absolute Gasteiger partial charge is 0.126 e. The Morgan fingerprint density at radius 2 is 1.61 bits per heavy atom. The van der Waals surface area contributed by atoms with Gasteiger partial charge in [0, 0.05) is 12.1 Å². The van der Waals surface area contributed by atoms with Crippen LogP contribution in [0.25, 0.3) is 12.2 Å². The van der Waals surface area contributed by atoms with Crippen molar-refractivity contribution in [2.24, 2.45) is 5.73 Å². The van der Waals surface area contributed by atoms with E-state index in [1.165, 1.54) is 5.56 Å². The van der Waals surface area contributed by atoms with E-state index in [9.17, 15) is 0 Å². The molecule has 0 aromatic heterocycles. The van der Waals surface area contributed by atoms with Crippen LogP contribution in [0, 0.1) is 0 Å². The van der Waals surface area contributed by atoms with Gasteiger partial charge in [-0.15, -0.1) is 0 Å². The largest absolute Gasteiger partial charge is 0.492 e. The SMILES string of the molecule is NCCOc1ccccc1/C=C/c1ccccc1. The van der Waals surface area contributed by atoms with Crippen LogP contribution in [0.4, 0.5) is 0 Å². The topological polar surface area (TPSA) is 35.2 Å². The van der Waals surface area contributed by atoms with Gasteiger partial charge >= 0.3 is 0 Å². The lowest BCUT2D eigenvalue weighted by Crippen LogP contribution is -2.10. The van der Waals surface area contributed by atoms with Crippen molar-refractivity contribution < 1.29 is 4.74 Å². The lowest BCUT2D eigenvalue weighted by molar-refractivity contribution is 0.327. The Balaban J connectivity index is 2.15. The molecule has 92 valence electrons. The molecular formula is C16H17NO. The zero-order valence-electron chi connectivity index (χ0n) is 10.3. The van der Waals surface area contributed by atoms with Gasteiger partial charge in [-0.05, 0) is 11.6 Å².